The van der Waals surface area contributed by atoms with Crippen LogP contribution in [0.3, 0.4) is 0 Å². The van der Waals surface area contributed by atoms with Gasteiger partial charge in [0.25, 0.3) is 0 Å². The molecule has 0 bridgehead atoms. The molecule has 3 rings (SSSR count). The molecule has 1 aliphatic rings. The molecule has 1 saturated heterocycles. The Labute approximate surface area is 187 Å². The molecular formula is C26H35ClN2O. The maximum Gasteiger partial charge on any atom is 0.225 e. The zero-order chi connectivity index (χ0) is 21.8. The van der Waals surface area contributed by atoms with Crippen molar-refractivity contribution in [1.82, 2.24) is 9.80 Å². The lowest BCUT2D eigenvalue weighted by Gasteiger charge is -2.33. The van der Waals surface area contributed by atoms with E-state index in [1.54, 1.807) is 0 Å². The van der Waals surface area contributed by atoms with Gasteiger partial charge >= 0.3 is 0 Å². The number of likely N-dealkylation sites (tertiary alicyclic amines) is 1. The molecule has 4 heteroatoms. The molecule has 2 aromatic rings. The molecule has 1 amide bonds. The van der Waals surface area contributed by atoms with Crippen LogP contribution >= 0.6 is 11.6 Å². The monoisotopic (exact) mass is 426 g/mol. The normalized spacial score (nSPS) is 19.6. The second kappa shape index (κ2) is 9.98. The molecule has 2 atom stereocenters. The van der Waals surface area contributed by atoms with E-state index in [0.717, 1.165) is 31.2 Å². The van der Waals surface area contributed by atoms with Crippen LogP contribution in [0.5, 0.6) is 0 Å². The van der Waals surface area contributed by atoms with E-state index in [4.69, 9.17) is 11.6 Å². The SMILES string of the molecule is Cc1ccc(C2CN(Cc3ccc(Cl)cc3)CC2CN(C(=O)C(C)C)C(C)C)cc1. The molecule has 3 nitrogen and oxygen atoms in total. The number of aryl methyl sites for hydroxylation is 1. The summed E-state index contributed by atoms with van der Waals surface area (Å²) in [6.07, 6.45) is 0. The first-order chi connectivity index (χ1) is 14.2. The molecule has 0 saturated carbocycles. The number of hydrogen-bond donors (Lipinski definition) is 0. The maximum absolute atomic E-state index is 12.9. The van der Waals surface area contributed by atoms with Crippen molar-refractivity contribution < 1.29 is 4.79 Å². The molecule has 2 aromatic carbocycles. The lowest BCUT2D eigenvalue weighted by Crippen LogP contribution is -2.43. The van der Waals surface area contributed by atoms with E-state index in [-0.39, 0.29) is 17.9 Å². The number of rotatable bonds is 7. The number of halogens is 1. The molecule has 0 spiro atoms. The largest absolute Gasteiger partial charge is 0.340 e. The summed E-state index contributed by atoms with van der Waals surface area (Å²) in [5, 5.41) is 0.773. The summed E-state index contributed by atoms with van der Waals surface area (Å²) in [7, 11) is 0. The fraction of sp³-hybridized carbons (Fsp3) is 0.500. The van der Waals surface area contributed by atoms with Crippen molar-refractivity contribution in [2.24, 2.45) is 11.8 Å². The van der Waals surface area contributed by atoms with Crippen LogP contribution in [-0.2, 0) is 11.3 Å². The van der Waals surface area contributed by atoms with Crippen LogP contribution in [0.25, 0.3) is 0 Å². The van der Waals surface area contributed by atoms with E-state index in [9.17, 15) is 4.79 Å². The topological polar surface area (TPSA) is 23.6 Å². The third-order valence-corrected chi connectivity index (χ3v) is 6.43. The van der Waals surface area contributed by atoms with Gasteiger partial charge in [-0.3, -0.25) is 9.69 Å². The Morgan fingerprint density at radius 1 is 1.03 bits per heavy atom. The number of nitrogens with zero attached hydrogens (tertiary/aromatic N) is 2. The summed E-state index contributed by atoms with van der Waals surface area (Å²) in [5.41, 5.74) is 3.94. The highest BCUT2D eigenvalue weighted by molar-refractivity contribution is 6.30. The smallest absolute Gasteiger partial charge is 0.225 e. The van der Waals surface area contributed by atoms with Crippen molar-refractivity contribution in [2.75, 3.05) is 19.6 Å². The van der Waals surface area contributed by atoms with Crippen LogP contribution in [-0.4, -0.2) is 41.4 Å². The summed E-state index contributed by atoms with van der Waals surface area (Å²) in [6, 6.07) is 17.3. The van der Waals surface area contributed by atoms with Gasteiger partial charge in [0.05, 0.1) is 0 Å². The van der Waals surface area contributed by atoms with Gasteiger partial charge in [-0.1, -0.05) is 67.4 Å². The standard InChI is InChI=1S/C26H35ClN2O/c1-18(2)26(30)29(19(3)4)16-23-15-28(14-21-8-12-24(27)13-9-21)17-25(23)22-10-6-20(5)7-11-22/h6-13,18-19,23,25H,14-17H2,1-5H3. The van der Waals surface area contributed by atoms with Gasteiger partial charge in [0.15, 0.2) is 0 Å². The summed E-state index contributed by atoms with van der Waals surface area (Å²) >= 11 is 6.06. The summed E-state index contributed by atoms with van der Waals surface area (Å²) < 4.78 is 0. The van der Waals surface area contributed by atoms with Gasteiger partial charge in [-0.2, -0.15) is 0 Å². The Bertz CT molecular complexity index is 829. The van der Waals surface area contributed by atoms with Crippen LogP contribution in [0.1, 0.15) is 50.3 Å². The van der Waals surface area contributed by atoms with Crippen LogP contribution in [0, 0.1) is 18.8 Å². The molecule has 162 valence electrons. The first-order valence-electron chi connectivity index (χ1n) is 11.1. The molecule has 30 heavy (non-hydrogen) atoms. The van der Waals surface area contributed by atoms with Gasteiger partial charge in [0, 0.05) is 49.1 Å². The lowest BCUT2D eigenvalue weighted by atomic mass is 9.87. The van der Waals surface area contributed by atoms with Crippen molar-refractivity contribution in [3.05, 3.63) is 70.2 Å². The van der Waals surface area contributed by atoms with Crippen LogP contribution in [0.15, 0.2) is 48.5 Å². The van der Waals surface area contributed by atoms with Crippen molar-refractivity contribution >= 4 is 17.5 Å². The molecule has 0 N–H and O–H groups in total. The van der Waals surface area contributed by atoms with Crippen LogP contribution in [0.2, 0.25) is 5.02 Å². The van der Waals surface area contributed by atoms with E-state index in [0.29, 0.717) is 11.8 Å². The Kier molecular flexibility index (Phi) is 7.60. The molecule has 0 aromatic heterocycles. The van der Waals surface area contributed by atoms with Gasteiger partial charge in [-0.25, -0.2) is 0 Å². The van der Waals surface area contributed by atoms with Gasteiger partial charge in [0.1, 0.15) is 0 Å². The Morgan fingerprint density at radius 3 is 2.23 bits per heavy atom. The highest BCUT2D eigenvalue weighted by atomic mass is 35.5. The van der Waals surface area contributed by atoms with Gasteiger partial charge in [0.2, 0.25) is 5.91 Å². The predicted octanol–water partition coefficient (Wildman–Crippen LogP) is 5.76. The van der Waals surface area contributed by atoms with Gasteiger partial charge in [-0.05, 0) is 49.9 Å². The van der Waals surface area contributed by atoms with Crippen molar-refractivity contribution in [3.63, 3.8) is 0 Å². The van der Waals surface area contributed by atoms with E-state index < -0.39 is 0 Å². The summed E-state index contributed by atoms with van der Waals surface area (Å²) in [6.45, 7) is 14.1. The number of carbonyl (C=O) groups excluding carboxylic acids is 1. The van der Waals surface area contributed by atoms with Crippen molar-refractivity contribution in [3.8, 4) is 0 Å². The fourth-order valence-electron chi connectivity index (χ4n) is 4.45. The first-order valence-corrected chi connectivity index (χ1v) is 11.5. The molecular weight excluding hydrogens is 392 g/mol. The van der Waals surface area contributed by atoms with Crippen LogP contribution in [0.4, 0.5) is 0 Å². The van der Waals surface area contributed by atoms with Gasteiger partial charge in [-0.15, -0.1) is 0 Å². The quantitative estimate of drug-likeness (QED) is 0.562. The molecule has 0 aliphatic carbocycles. The average molecular weight is 427 g/mol. The van der Waals surface area contributed by atoms with E-state index in [1.807, 2.05) is 26.0 Å². The average Bonchev–Trinajstić information content (AvgIpc) is 3.10. The molecule has 0 radical (unpaired) electrons. The predicted molar refractivity (Wildman–Crippen MR) is 126 cm³/mol. The Hall–Kier alpha value is -1.84. The molecule has 2 unspecified atom stereocenters. The number of amides is 1. The zero-order valence-corrected chi connectivity index (χ0v) is 19.7. The first kappa shape index (κ1) is 22.8. The Balaban J connectivity index is 1.81. The third-order valence-electron chi connectivity index (χ3n) is 6.17. The molecule has 1 fully saturated rings. The van der Waals surface area contributed by atoms with Gasteiger partial charge < -0.3 is 4.90 Å². The second-order valence-electron chi connectivity index (χ2n) is 9.34. The second-order valence-corrected chi connectivity index (χ2v) is 9.77. The highest BCUT2D eigenvalue weighted by Crippen LogP contribution is 2.35. The summed E-state index contributed by atoms with van der Waals surface area (Å²) in [5.74, 6) is 1.13. The maximum atomic E-state index is 12.9. The summed E-state index contributed by atoms with van der Waals surface area (Å²) in [4.78, 5) is 17.5. The minimum atomic E-state index is 0.0248. The van der Waals surface area contributed by atoms with Crippen molar-refractivity contribution in [2.45, 2.75) is 53.1 Å². The highest BCUT2D eigenvalue weighted by Gasteiger charge is 2.36. The Morgan fingerprint density at radius 2 is 1.67 bits per heavy atom. The molecule has 1 aliphatic heterocycles. The van der Waals surface area contributed by atoms with E-state index >= 15 is 0 Å². The number of hydrogen-bond acceptors (Lipinski definition) is 2. The fourth-order valence-corrected chi connectivity index (χ4v) is 4.58. The van der Waals surface area contributed by atoms with E-state index in [1.165, 1.54) is 16.7 Å². The number of carbonyl (C=O) groups is 1. The molecule has 1 heterocycles. The minimum Gasteiger partial charge on any atom is -0.340 e. The zero-order valence-electron chi connectivity index (χ0n) is 18.9. The van der Waals surface area contributed by atoms with Crippen LogP contribution < -0.4 is 0 Å². The number of benzene rings is 2. The third kappa shape index (κ3) is 5.65. The van der Waals surface area contributed by atoms with E-state index in [2.05, 4.69) is 67.0 Å². The van der Waals surface area contributed by atoms with Crippen molar-refractivity contribution in [1.29, 1.82) is 0 Å². The lowest BCUT2D eigenvalue weighted by molar-refractivity contribution is -0.136. The minimum absolute atomic E-state index is 0.0248.